The van der Waals surface area contributed by atoms with E-state index in [1.807, 2.05) is 0 Å². The van der Waals surface area contributed by atoms with E-state index in [4.69, 9.17) is 0 Å². The summed E-state index contributed by atoms with van der Waals surface area (Å²) in [6, 6.07) is 2.09. The molecule has 1 heterocycles. The molecule has 3 nitrogen and oxygen atoms in total. The van der Waals surface area contributed by atoms with E-state index in [1.54, 1.807) is 0 Å². The molecule has 1 rings (SSSR count). The van der Waals surface area contributed by atoms with Gasteiger partial charge in [-0.05, 0) is 12.5 Å². The smallest absolute Gasteiger partial charge is 0.372 e. The Balaban J connectivity index is 2.32. The summed E-state index contributed by atoms with van der Waals surface area (Å²) in [6.07, 6.45) is -3.14. The number of pyridine rings is 1. The molecular formula is C10H11F4NO2. The largest absolute Gasteiger partial charge is 0.411 e. The summed E-state index contributed by atoms with van der Waals surface area (Å²) >= 11 is 0. The van der Waals surface area contributed by atoms with Crippen LogP contribution in [-0.4, -0.2) is 24.0 Å². The van der Waals surface area contributed by atoms with Gasteiger partial charge in [-0.1, -0.05) is 0 Å². The summed E-state index contributed by atoms with van der Waals surface area (Å²) < 4.78 is 53.3. The van der Waals surface area contributed by atoms with Crippen molar-refractivity contribution in [1.82, 2.24) is 4.57 Å². The number of hydrogen-bond acceptors (Lipinski definition) is 2. The third-order valence-corrected chi connectivity index (χ3v) is 1.90. The summed E-state index contributed by atoms with van der Waals surface area (Å²) in [6.45, 7) is -1.33. The highest BCUT2D eigenvalue weighted by atomic mass is 19.4. The molecule has 0 fully saturated rings. The zero-order valence-corrected chi connectivity index (χ0v) is 8.84. The number of nitrogens with zero attached hydrogens (tertiary/aromatic N) is 1. The second-order valence-electron chi connectivity index (χ2n) is 3.40. The van der Waals surface area contributed by atoms with Crippen molar-refractivity contribution in [3.05, 3.63) is 34.5 Å². The molecule has 0 saturated heterocycles. The molecule has 0 N–H and O–H groups in total. The first-order chi connectivity index (χ1) is 7.88. The Hall–Kier alpha value is -1.37. The van der Waals surface area contributed by atoms with Gasteiger partial charge in [-0.2, -0.15) is 13.2 Å². The van der Waals surface area contributed by atoms with Crippen LogP contribution in [0.4, 0.5) is 17.6 Å². The van der Waals surface area contributed by atoms with Crippen LogP contribution in [0.5, 0.6) is 0 Å². The molecule has 0 aliphatic heterocycles. The van der Waals surface area contributed by atoms with Crippen LogP contribution in [0.3, 0.4) is 0 Å². The Bertz CT molecular complexity index is 414. The van der Waals surface area contributed by atoms with E-state index in [0.29, 0.717) is 0 Å². The molecule has 0 saturated carbocycles. The summed E-state index contributed by atoms with van der Waals surface area (Å²) in [4.78, 5) is 11.2. The van der Waals surface area contributed by atoms with Crippen LogP contribution in [0.2, 0.25) is 0 Å². The standard InChI is InChI=1S/C10H11F4NO2/c11-8-2-3-9(16)15(6-8)4-1-5-17-7-10(12,13)14/h2-3,6H,1,4-5,7H2. The average Bonchev–Trinajstić information content (AvgIpc) is 2.21. The second kappa shape index (κ2) is 5.81. The average molecular weight is 253 g/mol. The van der Waals surface area contributed by atoms with E-state index in [1.165, 1.54) is 0 Å². The summed E-state index contributed by atoms with van der Waals surface area (Å²) in [5.41, 5.74) is -0.401. The lowest BCUT2D eigenvalue weighted by Gasteiger charge is -2.08. The number of aromatic nitrogens is 1. The van der Waals surface area contributed by atoms with E-state index >= 15 is 0 Å². The number of rotatable bonds is 5. The molecule has 0 atom stereocenters. The first-order valence-electron chi connectivity index (χ1n) is 4.89. The molecule has 0 aliphatic rings. The van der Waals surface area contributed by atoms with Gasteiger partial charge >= 0.3 is 6.18 Å². The molecule has 0 aromatic carbocycles. The Morgan fingerprint density at radius 3 is 2.65 bits per heavy atom. The number of alkyl halides is 3. The number of halogens is 4. The molecule has 0 spiro atoms. The summed E-state index contributed by atoms with van der Waals surface area (Å²) in [5, 5.41) is 0. The Morgan fingerprint density at radius 2 is 2.00 bits per heavy atom. The van der Waals surface area contributed by atoms with Crippen molar-refractivity contribution in [2.75, 3.05) is 13.2 Å². The zero-order valence-electron chi connectivity index (χ0n) is 8.84. The van der Waals surface area contributed by atoms with Crippen LogP contribution in [0.25, 0.3) is 0 Å². The summed E-state index contributed by atoms with van der Waals surface area (Å²) in [5.74, 6) is -0.569. The van der Waals surface area contributed by atoms with Crippen molar-refractivity contribution in [2.24, 2.45) is 0 Å². The lowest BCUT2D eigenvalue weighted by molar-refractivity contribution is -0.174. The van der Waals surface area contributed by atoms with Crippen LogP contribution in [0.1, 0.15) is 6.42 Å². The van der Waals surface area contributed by atoms with Gasteiger partial charge in [-0.25, -0.2) is 4.39 Å². The quantitative estimate of drug-likeness (QED) is 0.593. The number of aryl methyl sites for hydroxylation is 1. The molecule has 1 aromatic rings. The fourth-order valence-corrected chi connectivity index (χ4v) is 1.20. The molecule has 17 heavy (non-hydrogen) atoms. The first kappa shape index (κ1) is 13.7. The molecule has 0 bridgehead atoms. The van der Waals surface area contributed by atoms with Gasteiger partial charge in [0.1, 0.15) is 12.4 Å². The highest BCUT2D eigenvalue weighted by Gasteiger charge is 2.27. The predicted octanol–water partition coefficient (Wildman–Crippen LogP) is 1.96. The van der Waals surface area contributed by atoms with Gasteiger partial charge in [0.25, 0.3) is 5.56 Å². The van der Waals surface area contributed by atoms with Crippen molar-refractivity contribution < 1.29 is 22.3 Å². The van der Waals surface area contributed by atoms with Crippen molar-refractivity contribution in [2.45, 2.75) is 19.1 Å². The molecule has 0 aliphatic carbocycles. The van der Waals surface area contributed by atoms with Gasteiger partial charge in [-0.15, -0.1) is 0 Å². The van der Waals surface area contributed by atoms with E-state index < -0.39 is 24.2 Å². The minimum absolute atomic E-state index is 0.119. The van der Waals surface area contributed by atoms with E-state index in [0.717, 1.165) is 22.9 Å². The van der Waals surface area contributed by atoms with Crippen molar-refractivity contribution in [1.29, 1.82) is 0 Å². The van der Waals surface area contributed by atoms with E-state index in [-0.39, 0.29) is 19.6 Å². The maximum absolute atomic E-state index is 12.7. The highest BCUT2D eigenvalue weighted by Crippen LogP contribution is 2.14. The SMILES string of the molecule is O=c1ccc(F)cn1CCCOCC(F)(F)F. The van der Waals surface area contributed by atoms with E-state index in [9.17, 15) is 22.4 Å². The third-order valence-electron chi connectivity index (χ3n) is 1.90. The molecular weight excluding hydrogens is 242 g/mol. The van der Waals surface area contributed by atoms with Gasteiger partial charge in [0.15, 0.2) is 0 Å². The van der Waals surface area contributed by atoms with Crippen LogP contribution in [-0.2, 0) is 11.3 Å². The fraction of sp³-hybridized carbons (Fsp3) is 0.500. The second-order valence-corrected chi connectivity index (χ2v) is 3.40. The molecule has 1 aromatic heterocycles. The molecule has 0 radical (unpaired) electrons. The number of ether oxygens (including phenoxy) is 1. The molecule has 7 heteroatoms. The molecule has 0 unspecified atom stereocenters. The van der Waals surface area contributed by atoms with Gasteiger partial charge in [0.05, 0.1) is 0 Å². The van der Waals surface area contributed by atoms with Crippen LogP contribution in [0, 0.1) is 5.82 Å². The zero-order chi connectivity index (χ0) is 12.9. The summed E-state index contributed by atoms with van der Waals surface area (Å²) in [7, 11) is 0. The van der Waals surface area contributed by atoms with Gasteiger partial charge in [0.2, 0.25) is 0 Å². The predicted molar refractivity (Wildman–Crippen MR) is 52.2 cm³/mol. The first-order valence-corrected chi connectivity index (χ1v) is 4.89. The van der Waals surface area contributed by atoms with Crippen LogP contribution in [0.15, 0.2) is 23.1 Å². The normalized spacial score (nSPS) is 11.8. The van der Waals surface area contributed by atoms with Gasteiger partial charge in [0, 0.05) is 25.4 Å². The van der Waals surface area contributed by atoms with Crippen molar-refractivity contribution in [3.8, 4) is 0 Å². The van der Waals surface area contributed by atoms with Crippen LogP contribution < -0.4 is 5.56 Å². The lowest BCUT2D eigenvalue weighted by atomic mass is 10.4. The topological polar surface area (TPSA) is 31.2 Å². The highest BCUT2D eigenvalue weighted by molar-refractivity contribution is 4.96. The van der Waals surface area contributed by atoms with Crippen LogP contribution >= 0.6 is 0 Å². The van der Waals surface area contributed by atoms with E-state index in [2.05, 4.69) is 4.74 Å². The number of hydrogen-bond donors (Lipinski definition) is 0. The monoisotopic (exact) mass is 253 g/mol. The third kappa shape index (κ3) is 5.48. The Kier molecular flexibility index (Phi) is 4.68. The fourth-order valence-electron chi connectivity index (χ4n) is 1.20. The molecule has 0 amide bonds. The van der Waals surface area contributed by atoms with Crippen molar-refractivity contribution in [3.63, 3.8) is 0 Å². The minimum Gasteiger partial charge on any atom is -0.372 e. The van der Waals surface area contributed by atoms with Gasteiger partial charge < -0.3 is 9.30 Å². The maximum Gasteiger partial charge on any atom is 0.411 e. The van der Waals surface area contributed by atoms with Gasteiger partial charge in [-0.3, -0.25) is 4.79 Å². The maximum atomic E-state index is 12.7. The molecule has 96 valence electrons. The lowest BCUT2D eigenvalue weighted by Crippen LogP contribution is -2.21. The minimum atomic E-state index is -4.35. The Morgan fingerprint density at radius 1 is 1.29 bits per heavy atom. The van der Waals surface area contributed by atoms with Crippen molar-refractivity contribution >= 4 is 0 Å². The Labute approximate surface area is 94.6 Å².